The van der Waals surface area contributed by atoms with Crippen LogP contribution in [0.25, 0.3) is 16.6 Å². The zero-order chi connectivity index (χ0) is 17.7. The van der Waals surface area contributed by atoms with E-state index in [4.69, 9.17) is 0 Å². The monoisotopic (exact) mass is 370 g/mol. The molecule has 4 nitrogen and oxygen atoms in total. The SMILES string of the molecule is Cc1nc(-c2ccccc2)sc1CNS(=O)(=O)/C=C/c1ccccc1. The molecule has 0 saturated heterocycles. The maximum atomic E-state index is 12.2. The van der Waals surface area contributed by atoms with Gasteiger partial charge in [-0.2, -0.15) is 0 Å². The van der Waals surface area contributed by atoms with Gasteiger partial charge in [0.2, 0.25) is 10.0 Å². The first-order valence-corrected chi connectivity index (χ1v) is 10.1. The van der Waals surface area contributed by atoms with Gasteiger partial charge in [0.15, 0.2) is 0 Å². The van der Waals surface area contributed by atoms with Crippen LogP contribution in [0.15, 0.2) is 66.1 Å². The van der Waals surface area contributed by atoms with Crippen molar-refractivity contribution in [3.8, 4) is 10.6 Å². The summed E-state index contributed by atoms with van der Waals surface area (Å²) in [6.45, 7) is 2.13. The lowest BCUT2D eigenvalue weighted by Gasteiger charge is -2.01. The number of aromatic nitrogens is 1. The Balaban J connectivity index is 1.69. The predicted molar refractivity (Wildman–Crippen MR) is 104 cm³/mol. The van der Waals surface area contributed by atoms with Gasteiger partial charge in [-0.3, -0.25) is 0 Å². The number of hydrogen-bond acceptors (Lipinski definition) is 4. The molecule has 0 aliphatic heterocycles. The summed E-state index contributed by atoms with van der Waals surface area (Å²) in [4.78, 5) is 5.45. The van der Waals surface area contributed by atoms with E-state index in [1.807, 2.05) is 67.6 Å². The number of nitrogens with one attached hydrogen (secondary N) is 1. The van der Waals surface area contributed by atoms with Gasteiger partial charge in [0.1, 0.15) is 5.01 Å². The summed E-state index contributed by atoms with van der Waals surface area (Å²) in [5.74, 6) is 0. The molecule has 0 spiro atoms. The lowest BCUT2D eigenvalue weighted by Crippen LogP contribution is -2.20. The first-order valence-electron chi connectivity index (χ1n) is 7.78. The molecule has 3 rings (SSSR count). The molecule has 1 aromatic heterocycles. The summed E-state index contributed by atoms with van der Waals surface area (Å²) in [5, 5.41) is 2.09. The molecule has 0 amide bonds. The number of rotatable bonds is 6. The fourth-order valence-corrected chi connectivity index (χ4v) is 4.12. The van der Waals surface area contributed by atoms with Crippen LogP contribution in [0.5, 0.6) is 0 Å². The molecule has 25 heavy (non-hydrogen) atoms. The minimum atomic E-state index is -3.50. The number of sulfonamides is 1. The van der Waals surface area contributed by atoms with Gasteiger partial charge >= 0.3 is 0 Å². The molecule has 3 aromatic rings. The van der Waals surface area contributed by atoms with Crippen molar-refractivity contribution in [3.63, 3.8) is 0 Å². The molecular formula is C19H18N2O2S2. The summed E-state index contributed by atoms with van der Waals surface area (Å²) in [6, 6.07) is 19.2. The highest BCUT2D eigenvalue weighted by Crippen LogP contribution is 2.27. The van der Waals surface area contributed by atoms with Crippen molar-refractivity contribution in [2.24, 2.45) is 0 Å². The zero-order valence-electron chi connectivity index (χ0n) is 13.7. The summed E-state index contributed by atoms with van der Waals surface area (Å²) in [5.41, 5.74) is 2.72. The van der Waals surface area contributed by atoms with Crippen LogP contribution in [0, 0.1) is 6.92 Å². The van der Waals surface area contributed by atoms with Gasteiger partial charge in [-0.15, -0.1) is 11.3 Å². The van der Waals surface area contributed by atoms with E-state index in [0.717, 1.165) is 26.7 Å². The van der Waals surface area contributed by atoms with Gasteiger partial charge < -0.3 is 0 Å². The number of nitrogens with zero attached hydrogens (tertiary/aromatic N) is 1. The van der Waals surface area contributed by atoms with E-state index in [0.29, 0.717) is 0 Å². The van der Waals surface area contributed by atoms with Crippen molar-refractivity contribution in [1.29, 1.82) is 0 Å². The Hall–Kier alpha value is -2.28. The Morgan fingerprint density at radius 2 is 1.68 bits per heavy atom. The molecule has 0 fully saturated rings. The summed E-state index contributed by atoms with van der Waals surface area (Å²) in [6.07, 6.45) is 1.58. The van der Waals surface area contributed by atoms with Gasteiger partial charge in [0.25, 0.3) is 0 Å². The topological polar surface area (TPSA) is 59.1 Å². The molecule has 0 radical (unpaired) electrons. The van der Waals surface area contributed by atoms with Crippen molar-refractivity contribution in [1.82, 2.24) is 9.71 Å². The van der Waals surface area contributed by atoms with Crippen molar-refractivity contribution in [3.05, 3.63) is 82.2 Å². The molecule has 1 N–H and O–H groups in total. The highest BCUT2D eigenvalue weighted by Gasteiger charge is 2.12. The van der Waals surface area contributed by atoms with Crippen LogP contribution in [-0.2, 0) is 16.6 Å². The predicted octanol–water partition coefficient (Wildman–Crippen LogP) is 4.21. The second-order valence-electron chi connectivity index (χ2n) is 5.47. The second-order valence-corrected chi connectivity index (χ2v) is 8.21. The molecule has 1 heterocycles. The molecular weight excluding hydrogens is 352 g/mol. The van der Waals surface area contributed by atoms with Crippen LogP contribution in [-0.4, -0.2) is 13.4 Å². The van der Waals surface area contributed by atoms with Crippen LogP contribution < -0.4 is 4.72 Å². The van der Waals surface area contributed by atoms with Crippen LogP contribution in [0.1, 0.15) is 16.1 Å². The number of hydrogen-bond donors (Lipinski definition) is 1. The normalized spacial score (nSPS) is 11.9. The zero-order valence-corrected chi connectivity index (χ0v) is 15.3. The maximum Gasteiger partial charge on any atom is 0.234 e. The van der Waals surface area contributed by atoms with E-state index in [1.54, 1.807) is 6.08 Å². The van der Waals surface area contributed by atoms with Gasteiger partial charge in [-0.1, -0.05) is 60.7 Å². The van der Waals surface area contributed by atoms with E-state index in [9.17, 15) is 8.42 Å². The quantitative estimate of drug-likeness (QED) is 0.707. The third kappa shape index (κ3) is 4.85. The lowest BCUT2D eigenvalue weighted by molar-refractivity contribution is 0.591. The Labute approximate surface area is 151 Å². The van der Waals surface area contributed by atoms with E-state index < -0.39 is 10.0 Å². The Morgan fingerprint density at radius 1 is 1.04 bits per heavy atom. The standard InChI is InChI=1S/C19H18N2O2S2/c1-15-18(24-19(21-15)17-10-6-3-7-11-17)14-20-25(22,23)13-12-16-8-4-2-5-9-16/h2-13,20H,14H2,1H3/b13-12+. The molecule has 128 valence electrons. The van der Waals surface area contributed by atoms with Crippen LogP contribution in [0.2, 0.25) is 0 Å². The first-order chi connectivity index (χ1) is 12.0. The van der Waals surface area contributed by atoms with Crippen molar-refractivity contribution < 1.29 is 8.42 Å². The minimum absolute atomic E-state index is 0.234. The molecule has 0 aliphatic rings. The second kappa shape index (κ2) is 7.74. The Bertz CT molecular complexity index is 963. The maximum absolute atomic E-state index is 12.2. The smallest absolute Gasteiger partial charge is 0.234 e. The largest absolute Gasteiger partial charge is 0.241 e. The van der Waals surface area contributed by atoms with E-state index in [-0.39, 0.29) is 6.54 Å². The van der Waals surface area contributed by atoms with Crippen LogP contribution >= 0.6 is 11.3 Å². The lowest BCUT2D eigenvalue weighted by atomic mass is 10.2. The molecule has 0 atom stereocenters. The molecule has 6 heteroatoms. The number of thiazole rings is 1. The van der Waals surface area contributed by atoms with Crippen molar-refractivity contribution in [2.45, 2.75) is 13.5 Å². The van der Waals surface area contributed by atoms with Gasteiger partial charge in [0.05, 0.1) is 5.69 Å². The number of benzene rings is 2. The average Bonchev–Trinajstić information content (AvgIpc) is 3.01. The summed E-state index contributed by atoms with van der Waals surface area (Å²) < 4.78 is 26.9. The van der Waals surface area contributed by atoms with Crippen LogP contribution in [0.4, 0.5) is 0 Å². The summed E-state index contributed by atoms with van der Waals surface area (Å²) in [7, 11) is -3.50. The molecule has 0 unspecified atom stereocenters. The van der Waals surface area contributed by atoms with E-state index >= 15 is 0 Å². The third-order valence-corrected chi connectivity index (χ3v) is 5.83. The average molecular weight is 370 g/mol. The van der Waals surface area contributed by atoms with Gasteiger partial charge in [-0.05, 0) is 18.6 Å². The van der Waals surface area contributed by atoms with Crippen molar-refractivity contribution in [2.75, 3.05) is 0 Å². The highest BCUT2D eigenvalue weighted by molar-refractivity contribution is 7.92. The van der Waals surface area contributed by atoms with Gasteiger partial charge in [0, 0.05) is 22.4 Å². The molecule has 0 aliphatic carbocycles. The highest BCUT2D eigenvalue weighted by atomic mass is 32.2. The fourth-order valence-electron chi connectivity index (χ4n) is 2.24. The van der Waals surface area contributed by atoms with Gasteiger partial charge in [-0.25, -0.2) is 18.1 Å². The molecule has 2 aromatic carbocycles. The summed E-state index contributed by atoms with van der Waals surface area (Å²) >= 11 is 1.51. The van der Waals surface area contributed by atoms with E-state index in [2.05, 4.69) is 9.71 Å². The van der Waals surface area contributed by atoms with Crippen molar-refractivity contribution >= 4 is 27.4 Å². The fraction of sp³-hybridized carbons (Fsp3) is 0.105. The van der Waals surface area contributed by atoms with Crippen LogP contribution in [0.3, 0.4) is 0 Å². The number of aryl methyl sites for hydroxylation is 1. The Kier molecular flexibility index (Phi) is 5.43. The van der Waals surface area contributed by atoms with E-state index in [1.165, 1.54) is 16.7 Å². The molecule has 0 bridgehead atoms. The third-order valence-electron chi connectivity index (χ3n) is 3.59. The minimum Gasteiger partial charge on any atom is -0.241 e. The Morgan fingerprint density at radius 3 is 2.36 bits per heavy atom. The molecule has 0 saturated carbocycles. The first kappa shape index (κ1) is 17.5.